The Morgan fingerprint density at radius 2 is 2.00 bits per heavy atom. The van der Waals surface area contributed by atoms with Crippen LogP contribution in [0.5, 0.6) is 5.75 Å². The van der Waals surface area contributed by atoms with Crippen molar-refractivity contribution in [2.24, 2.45) is 0 Å². The molecule has 0 saturated heterocycles. The van der Waals surface area contributed by atoms with Gasteiger partial charge in [-0.1, -0.05) is 52.8 Å². The lowest BCUT2D eigenvalue weighted by molar-refractivity contribution is 0.0954. The van der Waals surface area contributed by atoms with Crippen LogP contribution in [0.2, 0.25) is 5.02 Å². The van der Waals surface area contributed by atoms with Gasteiger partial charge >= 0.3 is 4.87 Å². The maximum atomic E-state index is 12.6. The summed E-state index contributed by atoms with van der Waals surface area (Å²) >= 11 is 7.03. The van der Waals surface area contributed by atoms with Gasteiger partial charge in [0, 0.05) is 22.8 Å². The van der Waals surface area contributed by atoms with Crippen LogP contribution in [-0.2, 0) is 13.1 Å². The molecule has 0 radical (unpaired) electrons. The van der Waals surface area contributed by atoms with Crippen LogP contribution in [0.15, 0.2) is 47.3 Å². The highest BCUT2D eigenvalue weighted by Crippen LogP contribution is 2.24. The van der Waals surface area contributed by atoms with Crippen molar-refractivity contribution in [3.05, 3.63) is 84.4 Å². The summed E-state index contributed by atoms with van der Waals surface area (Å²) in [5.74, 6) is 0.394. The second kappa shape index (κ2) is 8.63. The summed E-state index contributed by atoms with van der Waals surface area (Å²) in [5, 5.41) is 3.46. The van der Waals surface area contributed by atoms with Crippen molar-refractivity contribution in [3.63, 3.8) is 0 Å². The smallest absolute Gasteiger partial charge is 0.308 e. The summed E-state index contributed by atoms with van der Waals surface area (Å²) < 4.78 is 6.92. The van der Waals surface area contributed by atoms with E-state index in [0.29, 0.717) is 27.9 Å². The van der Waals surface area contributed by atoms with Gasteiger partial charge < -0.3 is 10.1 Å². The van der Waals surface area contributed by atoms with Crippen molar-refractivity contribution in [1.82, 2.24) is 9.88 Å². The number of hydrogen-bond acceptors (Lipinski definition) is 4. The third kappa shape index (κ3) is 4.46. The van der Waals surface area contributed by atoms with E-state index >= 15 is 0 Å². The van der Waals surface area contributed by atoms with Crippen LogP contribution in [0.4, 0.5) is 0 Å². The molecule has 3 rings (SSSR count). The standard InChI is InChI=1S/C21H21ClN2O3S/c1-13-5-4-6-15(9-13)11-23-20(25)19-14(2)24(21(26)28-19)12-16-10-17(22)7-8-18(16)27-3/h4-10H,11-12H2,1-3H3,(H,23,25). The summed E-state index contributed by atoms with van der Waals surface area (Å²) in [4.78, 5) is 25.3. The molecule has 0 fully saturated rings. The minimum Gasteiger partial charge on any atom is -0.496 e. The topological polar surface area (TPSA) is 60.3 Å². The number of rotatable bonds is 6. The van der Waals surface area contributed by atoms with Gasteiger partial charge in [-0.15, -0.1) is 0 Å². The van der Waals surface area contributed by atoms with Gasteiger partial charge in [-0.2, -0.15) is 0 Å². The van der Waals surface area contributed by atoms with Crippen LogP contribution in [0.25, 0.3) is 0 Å². The van der Waals surface area contributed by atoms with E-state index in [2.05, 4.69) is 5.32 Å². The number of thiazole rings is 1. The number of carbonyl (C=O) groups excluding carboxylic acids is 1. The van der Waals surface area contributed by atoms with E-state index in [1.54, 1.807) is 36.8 Å². The van der Waals surface area contributed by atoms with E-state index in [1.165, 1.54) is 0 Å². The normalized spacial score (nSPS) is 10.7. The highest BCUT2D eigenvalue weighted by atomic mass is 35.5. The summed E-state index contributed by atoms with van der Waals surface area (Å²) in [6.07, 6.45) is 0. The Kier molecular flexibility index (Phi) is 6.21. The second-order valence-electron chi connectivity index (χ2n) is 6.50. The van der Waals surface area contributed by atoms with E-state index in [9.17, 15) is 9.59 Å². The van der Waals surface area contributed by atoms with Gasteiger partial charge in [0.05, 0.1) is 13.7 Å². The predicted molar refractivity (Wildman–Crippen MR) is 113 cm³/mol. The summed E-state index contributed by atoms with van der Waals surface area (Å²) in [5.41, 5.74) is 3.55. The molecule has 1 amide bonds. The molecule has 146 valence electrons. The van der Waals surface area contributed by atoms with Crippen LogP contribution in [0.1, 0.15) is 32.1 Å². The maximum absolute atomic E-state index is 12.6. The van der Waals surface area contributed by atoms with Crippen molar-refractivity contribution in [2.75, 3.05) is 7.11 Å². The first-order valence-electron chi connectivity index (χ1n) is 8.75. The number of amides is 1. The van der Waals surface area contributed by atoms with E-state index in [0.717, 1.165) is 28.0 Å². The van der Waals surface area contributed by atoms with E-state index in [4.69, 9.17) is 16.3 Å². The lowest BCUT2D eigenvalue weighted by Gasteiger charge is -2.11. The zero-order chi connectivity index (χ0) is 20.3. The van der Waals surface area contributed by atoms with Crippen molar-refractivity contribution in [3.8, 4) is 5.75 Å². The van der Waals surface area contributed by atoms with Gasteiger partial charge in [0.1, 0.15) is 10.6 Å². The monoisotopic (exact) mass is 416 g/mol. The Labute approximate surface area is 172 Å². The van der Waals surface area contributed by atoms with Crippen LogP contribution in [0.3, 0.4) is 0 Å². The molecular formula is C21H21ClN2O3S. The van der Waals surface area contributed by atoms with Gasteiger partial charge in [-0.3, -0.25) is 14.2 Å². The number of nitrogens with zero attached hydrogens (tertiary/aromatic N) is 1. The second-order valence-corrected chi connectivity index (χ2v) is 7.89. The summed E-state index contributed by atoms with van der Waals surface area (Å²) in [7, 11) is 1.57. The Hall–Kier alpha value is -2.57. The number of methoxy groups -OCH3 is 1. The number of benzene rings is 2. The Balaban J connectivity index is 1.81. The molecule has 0 bridgehead atoms. The van der Waals surface area contributed by atoms with Gasteiger partial charge in [0.25, 0.3) is 5.91 Å². The Morgan fingerprint density at radius 3 is 2.71 bits per heavy atom. The van der Waals surface area contributed by atoms with Gasteiger partial charge in [0.15, 0.2) is 0 Å². The molecule has 0 aliphatic rings. The van der Waals surface area contributed by atoms with Crippen LogP contribution in [0, 0.1) is 13.8 Å². The van der Waals surface area contributed by atoms with Crippen molar-refractivity contribution >= 4 is 28.8 Å². The molecule has 0 aliphatic carbocycles. The molecule has 1 aromatic heterocycles. The van der Waals surface area contributed by atoms with E-state index in [1.807, 2.05) is 31.2 Å². The molecule has 0 atom stereocenters. The molecule has 28 heavy (non-hydrogen) atoms. The number of nitrogens with one attached hydrogen (secondary N) is 1. The maximum Gasteiger partial charge on any atom is 0.308 e. The number of halogens is 1. The lowest BCUT2D eigenvalue weighted by atomic mass is 10.1. The average Bonchev–Trinajstić information content (AvgIpc) is 2.95. The lowest BCUT2D eigenvalue weighted by Crippen LogP contribution is -2.23. The van der Waals surface area contributed by atoms with Crippen LogP contribution in [-0.4, -0.2) is 17.6 Å². The SMILES string of the molecule is COc1ccc(Cl)cc1Cn1c(C)c(C(=O)NCc2cccc(C)c2)sc1=O. The molecule has 0 unspecified atom stereocenters. The Bertz CT molecular complexity index is 1070. The van der Waals surface area contributed by atoms with Gasteiger partial charge in [-0.25, -0.2) is 0 Å². The molecule has 5 nitrogen and oxygen atoms in total. The first kappa shape index (κ1) is 20.2. The highest BCUT2D eigenvalue weighted by Gasteiger charge is 2.18. The predicted octanol–water partition coefficient (Wildman–Crippen LogP) is 4.17. The van der Waals surface area contributed by atoms with E-state index in [-0.39, 0.29) is 17.3 Å². The number of aromatic nitrogens is 1. The zero-order valence-corrected chi connectivity index (χ0v) is 17.5. The van der Waals surface area contributed by atoms with Gasteiger partial charge in [-0.05, 0) is 37.6 Å². The molecule has 0 aliphatic heterocycles. The van der Waals surface area contributed by atoms with Crippen molar-refractivity contribution in [2.45, 2.75) is 26.9 Å². The minimum absolute atomic E-state index is 0.194. The molecule has 1 heterocycles. The summed E-state index contributed by atoms with van der Waals surface area (Å²) in [6.45, 7) is 4.48. The molecule has 3 aromatic rings. The first-order chi connectivity index (χ1) is 13.4. The fourth-order valence-electron chi connectivity index (χ4n) is 3.00. The number of hydrogen-bond donors (Lipinski definition) is 1. The van der Waals surface area contributed by atoms with Crippen LogP contribution >= 0.6 is 22.9 Å². The molecule has 2 aromatic carbocycles. The molecule has 7 heteroatoms. The van der Waals surface area contributed by atoms with Crippen molar-refractivity contribution < 1.29 is 9.53 Å². The van der Waals surface area contributed by atoms with E-state index < -0.39 is 0 Å². The highest BCUT2D eigenvalue weighted by molar-refractivity contribution is 7.11. The zero-order valence-electron chi connectivity index (χ0n) is 15.9. The summed E-state index contributed by atoms with van der Waals surface area (Å²) in [6, 6.07) is 13.2. The number of ether oxygens (including phenoxy) is 1. The minimum atomic E-state index is -0.252. The third-order valence-corrected chi connectivity index (χ3v) is 5.77. The first-order valence-corrected chi connectivity index (χ1v) is 9.95. The molecule has 1 N–H and O–H groups in total. The van der Waals surface area contributed by atoms with Crippen LogP contribution < -0.4 is 14.9 Å². The van der Waals surface area contributed by atoms with Gasteiger partial charge in [0.2, 0.25) is 0 Å². The van der Waals surface area contributed by atoms with Crippen molar-refractivity contribution in [1.29, 1.82) is 0 Å². The average molecular weight is 417 g/mol. The molecular weight excluding hydrogens is 396 g/mol. The number of carbonyl (C=O) groups is 1. The molecule has 0 saturated carbocycles. The quantitative estimate of drug-likeness (QED) is 0.656. The fraction of sp³-hybridized carbons (Fsp3) is 0.238. The Morgan fingerprint density at radius 1 is 1.21 bits per heavy atom. The largest absolute Gasteiger partial charge is 0.496 e. The number of aryl methyl sites for hydroxylation is 1. The fourth-order valence-corrected chi connectivity index (χ4v) is 4.10. The molecule has 0 spiro atoms. The third-order valence-electron chi connectivity index (χ3n) is 4.46.